The SMILES string of the molecule is NNc1cc(NC2CCCNC2=O)ccn1. The van der Waals surface area contributed by atoms with E-state index in [1.807, 2.05) is 6.07 Å². The average Bonchev–Trinajstić information content (AvgIpc) is 2.32. The minimum absolute atomic E-state index is 0.0466. The maximum absolute atomic E-state index is 11.5. The number of hydrogen-bond acceptors (Lipinski definition) is 5. The summed E-state index contributed by atoms with van der Waals surface area (Å²) in [6, 6.07) is 3.41. The zero-order valence-corrected chi connectivity index (χ0v) is 8.86. The zero-order valence-electron chi connectivity index (χ0n) is 8.86. The van der Waals surface area contributed by atoms with Crippen LogP contribution in [0, 0.1) is 0 Å². The summed E-state index contributed by atoms with van der Waals surface area (Å²) in [6.07, 6.45) is 3.48. The first kappa shape index (κ1) is 10.7. The molecule has 6 nitrogen and oxygen atoms in total. The molecule has 86 valence electrons. The summed E-state index contributed by atoms with van der Waals surface area (Å²) < 4.78 is 0. The monoisotopic (exact) mass is 221 g/mol. The topological polar surface area (TPSA) is 92.1 Å². The molecule has 16 heavy (non-hydrogen) atoms. The summed E-state index contributed by atoms with van der Waals surface area (Å²) >= 11 is 0. The lowest BCUT2D eigenvalue weighted by Gasteiger charge is -2.23. The predicted octanol–water partition coefficient (Wildman–Crippen LogP) is 0.0577. The highest BCUT2D eigenvalue weighted by molar-refractivity contribution is 5.85. The number of carbonyl (C=O) groups excluding carboxylic acids is 1. The number of carbonyl (C=O) groups is 1. The molecule has 0 radical (unpaired) electrons. The van der Waals surface area contributed by atoms with Gasteiger partial charge >= 0.3 is 0 Å². The summed E-state index contributed by atoms with van der Waals surface area (Å²) in [7, 11) is 0. The molecular weight excluding hydrogens is 206 g/mol. The Morgan fingerprint density at radius 3 is 3.19 bits per heavy atom. The van der Waals surface area contributed by atoms with Crippen LogP contribution in [0.3, 0.4) is 0 Å². The van der Waals surface area contributed by atoms with Gasteiger partial charge in [0.2, 0.25) is 5.91 Å². The quantitative estimate of drug-likeness (QED) is 0.428. The largest absolute Gasteiger partial charge is 0.374 e. The van der Waals surface area contributed by atoms with E-state index < -0.39 is 0 Å². The second-order valence-corrected chi connectivity index (χ2v) is 3.70. The summed E-state index contributed by atoms with van der Waals surface area (Å²) in [5.74, 6) is 5.88. The van der Waals surface area contributed by atoms with Gasteiger partial charge in [0.15, 0.2) is 0 Å². The molecule has 2 rings (SSSR count). The van der Waals surface area contributed by atoms with E-state index in [1.54, 1.807) is 12.3 Å². The first-order valence-corrected chi connectivity index (χ1v) is 5.26. The van der Waals surface area contributed by atoms with Crippen molar-refractivity contribution in [1.29, 1.82) is 0 Å². The lowest BCUT2D eigenvalue weighted by molar-refractivity contribution is -0.123. The Hall–Kier alpha value is -1.82. The van der Waals surface area contributed by atoms with Crippen LogP contribution >= 0.6 is 0 Å². The van der Waals surface area contributed by atoms with Gasteiger partial charge in [0.1, 0.15) is 11.9 Å². The van der Waals surface area contributed by atoms with Crippen LogP contribution in [-0.4, -0.2) is 23.5 Å². The fourth-order valence-corrected chi connectivity index (χ4v) is 1.71. The maximum Gasteiger partial charge on any atom is 0.242 e. The van der Waals surface area contributed by atoms with Gasteiger partial charge in [0, 0.05) is 24.5 Å². The van der Waals surface area contributed by atoms with Gasteiger partial charge in [-0.3, -0.25) is 4.79 Å². The van der Waals surface area contributed by atoms with Crippen molar-refractivity contribution >= 4 is 17.4 Å². The Balaban J connectivity index is 2.04. The molecule has 1 aromatic rings. The van der Waals surface area contributed by atoms with Gasteiger partial charge in [0.25, 0.3) is 0 Å². The lowest BCUT2D eigenvalue weighted by atomic mass is 10.1. The number of hydrazine groups is 1. The average molecular weight is 221 g/mol. The van der Waals surface area contributed by atoms with Crippen molar-refractivity contribution in [3.05, 3.63) is 18.3 Å². The van der Waals surface area contributed by atoms with Crippen LogP contribution < -0.4 is 21.9 Å². The predicted molar refractivity (Wildman–Crippen MR) is 61.7 cm³/mol. The molecule has 1 fully saturated rings. The molecule has 0 saturated carbocycles. The molecule has 1 amide bonds. The van der Waals surface area contributed by atoms with Crippen molar-refractivity contribution in [2.24, 2.45) is 5.84 Å². The summed E-state index contributed by atoms with van der Waals surface area (Å²) in [4.78, 5) is 15.5. The molecule has 0 aliphatic carbocycles. The Kier molecular flexibility index (Phi) is 3.21. The van der Waals surface area contributed by atoms with Crippen molar-refractivity contribution in [3.63, 3.8) is 0 Å². The van der Waals surface area contributed by atoms with E-state index in [9.17, 15) is 4.79 Å². The van der Waals surface area contributed by atoms with Crippen LogP contribution in [0.2, 0.25) is 0 Å². The van der Waals surface area contributed by atoms with Crippen LogP contribution in [0.1, 0.15) is 12.8 Å². The van der Waals surface area contributed by atoms with Gasteiger partial charge in [-0.1, -0.05) is 0 Å². The Morgan fingerprint density at radius 2 is 2.44 bits per heavy atom. The number of rotatable bonds is 3. The maximum atomic E-state index is 11.5. The van der Waals surface area contributed by atoms with Crippen LogP contribution in [0.15, 0.2) is 18.3 Å². The van der Waals surface area contributed by atoms with E-state index >= 15 is 0 Å². The fraction of sp³-hybridized carbons (Fsp3) is 0.400. The van der Waals surface area contributed by atoms with E-state index in [4.69, 9.17) is 5.84 Å². The van der Waals surface area contributed by atoms with Crippen molar-refractivity contribution in [2.75, 3.05) is 17.3 Å². The standard InChI is InChI=1S/C10H15N5O/c11-15-9-6-7(3-5-12-9)14-8-2-1-4-13-10(8)16/h3,5-6,8H,1-2,4,11H2,(H,13,16)(H2,12,14,15). The van der Waals surface area contributed by atoms with Crippen molar-refractivity contribution in [3.8, 4) is 0 Å². The number of amides is 1. The molecule has 1 unspecified atom stereocenters. The number of pyridine rings is 1. The first-order chi connectivity index (χ1) is 7.79. The summed E-state index contributed by atoms with van der Waals surface area (Å²) in [5, 5.41) is 5.98. The van der Waals surface area contributed by atoms with Crippen LogP contribution in [-0.2, 0) is 4.79 Å². The second-order valence-electron chi connectivity index (χ2n) is 3.70. The van der Waals surface area contributed by atoms with Crippen molar-refractivity contribution in [2.45, 2.75) is 18.9 Å². The number of nitrogens with two attached hydrogens (primary N) is 1. The number of nitrogens with zero attached hydrogens (tertiary/aromatic N) is 1. The number of anilines is 2. The van der Waals surface area contributed by atoms with E-state index in [2.05, 4.69) is 21.0 Å². The molecule has 5 N–H and O–H groups in total. The number of aromatic nitrogens is 1. The van der Waals surface area contributed by atoms with E-state index in [0.717, 1.165) is 25.1 Å². The molecule has 0 aromatic carbocycles. The Morgan fingerprint density at radius 1 is 1.56 bits per heavy atom. The minimum Gasteiger partial charge on any atom is -0.374 e. The van der Waals surface area contributed by atoms with Gasteiger partial charge in [0.05, 0.1) is 0 Å². The number of hydrogen-bond donors (Lipinski definition) is 4. The molecular formula is C10H15N5O. The van der Waals surface area contributed by atoms with E-state index in [0.29, 0.717) is 5.82 Å². The molecule has 2 heterocycles. The molecule has 0 spiro atoms. The lowest BCUT2D eigenvalue weighted by Crippen LogP contribution is -2.44. The fourth-order valence-electron chi connectivity index (χ4n) is 1.71. The number of nitrogen functional groups attached to an aromatic ring is 1. The second kappa shape index (κ2) is 4.80. The number of piperidine rings is 1. The summed E-state index contributed by atoms with van der Waals surface area (Å²) in [6.45, 7) is 0.767. The highest BCUT2D eigenvalue weighted by atomic mass is 16.2. The molecule has 1 aliphatic heterocycles. The Labute approximate surface area is 93.6 Å². The smallest absolute Gasteiger partial charge is 0.242 e. The highest BCUT2D eigenvalue weighted by Crippen LogP contribution is 2.15. The molecule has 0 bridgehead atoms. The Bertz CT molecular complexity index is 381. The third kappa shape index (κ3) is 2.40. The van der Waals surface area contributed by atoms with Crippen LogP contribution in [0.5, 0.6) is 0 Å². The third-order valence-electron chi connectivity index (χ3n) is 2.53. The molecule has 1 aliphatic rings. The molecule has 1 saturated heterocycles. The van der Waals surface area contributed by atoms with Gasteiger partial charge in [-0.2, -0.15) is 0 Å². The minimum atomic E-state index is -0.165. The number of nitrogens with one attached hydrogen (secondary N) is 3. The summed E-state index contributed by atoms with van der Waals surface area (Å²) in [5.41, 5.74) is 3.30. The van der Waals surface area contributed by atoms with Gasteiger partial charge in [-0.05, 0) is 18.9 Å². The third-order valence-corrected chi connectivity index (χ3v) is 2.53. The normalized spacial score (nSPS) is 20.1. The van der Waals surface area contributed by atoms with Crippen molar-refractivity contribution in [1.82, 2.24) is 10.3 Å². The van der Waals surface area contributed by atoms with E-state index in [1.165, 1.54) is 0 Å². The van der Waals surface area contributed by atoms with Gasteiger partial charge in [-0.25, -0.2) is 10.8 Å². The molecule has 6 heteroatoms. The van der Waals surface area contributed by atoms with Gasteiger partial charge < -0.3 is 16.1 Å². The zero-order chi connectivity index (χ0) is 11.4. The first-order valence-electron chi connectivity index (χ1n) is 5.26. The highest BCUT2D eigenvalue weighted by Gasteiger charge is 2.21. The molecule has 1 atom stereocenters. The van der Waals surface area contributed by atoms with Gasteiger partial charge in [-0.15, -0.1) is 0 Å². The molecule has 1 aromatic heterocycles. The van der Waals surface area contributed by atoms with Crippen molar-refractivity contribution < 1.29 is 4.79 Å². The van der Waals surface area contributed by atoms with Crippen LogP contribution in [0.25, 0.3) is 0 Å². The van der Waals surface area contributed by atoms with Crippen LogP contribution in [0.4, 0.5) is 11.5 Å². The van der Waals surface area contributed by atoms with E-state index in [-0.39, 0.29) is 11.9 Å².